The third-order valence-electron chi connectivity index (χ3n) is 5.36. The molecule has 8 heteroatoms. The molecule has 3 aromatic rings. The number of halogens is 1. The first-order valence-corrected chi connectivity index (χ1v) is 11.1. The predicted octanol–water partition coefficient (Wildman–Crippen LogP) is 4.79. The van der Waals surface area contributed by atoms with E-state index < -0.39 is 0 Å². The maximum absolute atomic E-state index is 12.6. The van der Waals surface area contributed by atoms with E-state index >= 15 is 0 Å². The smallest absolute Gasteiger partial charge is 0.238 e. The molecule has 158 valence electrons. The summed E-state index contributed by atoms with van der Waals surface area (Å²) in [6.45, 7) is 2.07. The van der Waals surface area contributed by atoms with E-state index in [9.17, 15) is 4.79 Å². The topological polar surface area (TPSA) is 63.7 Å². The lowest BCUT2D eigenvalue weighted by Gasteiger charge is -2.30. The van der Waals surface area contributed by atoms with Crippen LogP contribution in [0.25, 0.3) is 10.2 Å². The molecular formula is C22H24ClN3O3S. The highest BCUT2D eigenvalue weighted by atomic mass is 35.5. The van der Waals surface area contributed by atoms with Gasteiger partial charge in [0.15, 0.2) is 0 Å². The van der Waals surface area contributed by atoms with Gasteiger partial charge in [-0.1, -0.05) is 23.7 Å². The highest BCUT2D eigenvalue weighted by Crippen LogP contribution is 2.36. The van der Waals surface area contributed by atoms with Gasteiger partial charge in [-0.15, -0.1) is 11.3 Å². The molecule has 6 nitrogen and oxygen atoms in total. The molecule has 2 heterocycles. The number of hydrogen-bond donors (Lipinski definition) is 1. The number of anilines is 1. The third kappa shape index (κ3) is 4.53. The molecule has 1 amide bonds. The van der Waals surface area contributed by atoms with Crippen molar-refractivity contribution in [1.29, 1.82) is 0 Å². The fourth-order valence-corrected chi connectivity index (χ4v) is 5.12. The van der Waals surface area contributed by atoms with Gasteiger partial charge in [-0.3, -0.25) is 9.69 Å². The van der Waals surface area contributed by atoms with Gasteiger partial charge in [0.2, 0.25) is 5.91 Å². The fraction of sp³-hybridized carbons (Fsp3) is 0.364. The van der Waals surface area contributed by atoms with E-state index in [4.69, 9.17) is 26.1 Å². The SMILES string of the molecule is COc1cc(NC(=O)CN2CCC(c3nc4ccccc4s3)CC2)c(OC)cc1Cl. The maximum Gasteiger partial charge on any atom is 0.238 e. The standard InChI is InChI=1S/C22H24ClN3O3S/c1-28-18-12-17(19(29-2)11-15(18)23)24-21(27)13-26-9-7-14(8-10-26)22-25-16-5-3-4-6-20(16)30-22/h3-6,11-12,14H,7-10,13H2,1-2H3,(H,24,27). The Morgan fingerprint density at radius 2 is 1.93 bits per heavy atom. The first kappa shape index (κ1) is 20.9. The molecule has 0 bridgehead atoms. The van der Waals surface area contributed by atoms with Crippen LogP contribution in [-0.2, 0) is 4.79 Å². The van der Waals surface area contributed by atoms with Gasteiger partial charge in [-0.25, -0.2) is 4.98 Å². The molecule has 1 aliphatic heterocycles. The van der Waals surface area contributed by atoms with E-state index in [0.29, 0.717) is 34.7 Å². The Hall–Kier alpha value is -2.35. The number of carbonyl (C=O) groups is 1. The number of benzene rings is 2. The molecule has 0 radical (unpaired) electrons. The average molecular weight is 446 g/mol. The number of carbonyl (C=O) groups excluding carboxylic acids is 1. The maximum atomic E-state index is 12.6. The lowest BCUT2D eigenvalue weighted by Crippen LogP contribution is -2.38. The van der Waals surface area contributed by atoms with Crippen LogP contribution in [0.2, 0.25) is 5.02 Å². The normalized spacial score (nSPS) is 15.3. The van der Waals surface area contributed by atoms with Crippen LogP contribution < -0.4 is 14.8 Å². The average Bonchev–Trinajstić information content (AvgIpc) is 3.19. The molecule has 0 spiro atoms. The van der Waals surface area contributed by atoms with Crippen molar-refractivity contribution in [2.75, 3.05) is 39.2 Å². The number of para-hydroxylation sites is 1. The number of likely N-dealkylation sites (tertiary alicyclic amines) is 1. The van der Waals surface area contributed by atoms with Gasteiger partial charge < -0.3 is 14.8 Å². The number of rotatable bonds is 6. The van der Waals surface area contributed by atoms with Crippen LogP contribution >= 0.6 is 22.9 Å². The number of hydrogen-bond acceptors (Lipinski definition) is 6. The molecule has 4 rings (SSSR count). The second-order valence-corrected chi connectivity index (χ2v) is 8.77. The third-order valence-corrected chi connectivity index (χ3v) is 6.86. The van der Waals surface area contributed by atoms with Crippen molar-refractivity contribution >= 4 is 44.7 Å². The molecule has 1 fully saturated rings. The van der Waals surface area contributed by atoms with Gasteiger partial charge >= 0.3 is 0 Å². The summed E-state index contributed by atoms with van der Waals surface area (Å²) < 4.78 is 11.8. The van der Waals surface area contributed by atoms with Gasteiger partial charge in [0.25, 0.3) is 0 Å². The Morgan fingerprint density at radius 3 is 2.63 bits per heavy atom. The molecule has 1 aromatic heterocycles. The fourth-order valence-electron chi connectivity index (χ4n) is 3.75. The highest BCUT2D eigenvalue weighted by molar-refractivity contribution is 7.18. The molecule has 1 N–H and O–H groups in total. The quantitative estimate of drug-likeness (QED) is 0.591. The minimum atomic E-state index is -0.0869. The number of piperidine rings is 1. The second-order valence-electron chi connectivity index (χ2n) is 7.31. The molecule has 30 heavy (non-hydrogen) atoms. The van der Waals surface area contributed by atoms with Crippen molar-refractivity contribution in [2.45, 2.75) is 18.8 Å². The Labute approximate surface area is 184 Å². The van der Waals surface area contributed by atoms with Crippen LogP contribution in [0.15, 0.2) is 36.4 Å². The molecule has 0 aliphatic carbocycles. The largest absolute Gasteiger partial charge is 0.495 e. The summed E-state index contributed by atoms with van der Waals surface area (Å²) in [6.07, 6.45) is 2.01. The summed E-state index contributed by atoms with van der Waals surface area (Å²) in [5.41, 5.74) is 1.62. The summed E-state index contributed by atoms with van der Waals surface area (Å²) in [5.74, 6) is 1.37. The van der Waals surface area contributed by atoms with Gasteiger partial charge in [-0.2, -0.15) is 0 Å². The summed E-state index contributed by atoms with van der Waals surface area (Å²) in [6, 6.07) is 11.6. The van der Waals surface area contributed by atoms with E-state index in [1.54, 1.807) is 30.6 Å². The van der Waals surface area contributed by atoms with Crippen LogP contribution in [0.1, 0.15) is 23.8 Å². The number of fused-ring (bicyclic) bond motifs is 1. The van der Waals surface area contributed by atoms with Crippen molar-refractivity contribution in [3.63, 3.8) is 0 Å². The monoisotopic (exact) mass is 445 g/mol. The Bertz CT molecular complexity index is 1010. The Kier molecular flexibility index (Phi) is 6.41. The first-order valence-electron chi connectivity index (χ1n) is 9.86. The Balaban J connectivity index is 1.34. The van der Waals surface area contributed by atoms with Gasteiger partial charge in [-0.05, 0) is 38.1 Å². The minimum Gasteiger partial charge on any atom is -0.495 e. The van der Waals surface area contributed by atoms with E-state index in [2.05, 4.69) is 28.4 Å². The van der Waals surface area contributed by atoms with Crippen molar-refractivity contribution in [3.8, 4) is 11.5 Å². The lowest BCUT2D eigenvalue weighted by atomic mass is 9.97. The number of nitrogens with one attached hydrogen (secondary N) is 1. The zero-order valence-corrected chi connectivity index (χ0v) is 18.6. The van der Waals surface area contributed by atoms with Crippen LogP contribution in [0.4, 0.5) is 5.69 Å². The van der Waals surface area contributed by atoms with Crippen LogP contribution in [0.3, 0.4) is 0 Å². The number of nitrogens with zero attached hydrogens (tertiary/aromatic N) is 2. The van der Waals surface area contributed by atoms with Gasteiger partial charge in [0.1, 0.15) is 11.5 Å². The van der Waals surface area contributed by atoms with Gasteiger partial charge in [0.05, 0.1) is 46.7 Å². The Morgan fingerprint density at radius 1 is 1.20 bits per heavy atom. The summed E-state index contributed by atoms with van der Waals surface area (Å²) >= 11 is 7.92. The van der Waals surface area contributed by atoms with E-state index in [1.165, 1.54) is 16.8 Å². The molecule has 1 aliphatic rings. The predicted molar refractivity (Wildman–Crippen MR) is 121 cm³/mol. The zero-order chi connectivity index (χ0) is 21.1. The van der Waals surface area contributed by atoms with Crippen molar-refractivity contribution in [1.82, 2.24) is 9.88 Å². The molecule has 2 aromatic carbocycles. The van der Waals surface area contributed by atoms with Crippen LogP contribution in [0, 0.1) is 0 Å². The first-order chi connectivity index (χ1) is 14.6. The number of amides is 1. The summed E-state index contributed by atoms with van der Waals surface area (Å²) in [4.78, 5) is 19.6. The van der Waals surface area contributed by atoms with Crippen LogP contribution in [-0.4, -0.2) is 49.6 Å². The zero-order valence-electron chi connectivity index (χ0n) is 17.0. The van der Waals surface area contributed by atoms with Crippen molar-refractivity contribution < 1.29 is 14.3 Å². The van der Waals surface area contributed by atoms with E-state index in [-0.39, 0.29) is 5.91 Å². The minimum absolute atomic E-state index is 0.0869. The number of thiazole rings is 1. The molecular weight excluding hydrogens is 422 g/mol. The van der Waals surface area contributed by atoms with E-state index in [0.717, 1.165) is 31.4 Å². The molecule has 0 atom stereocenters. The molecule has 1 saturated heterocycles. The number of ether oxygens (including phenoxy) is 2. The summed E-state index contributed by atoms with van der Waals surface area (Å²) in [7, 11) is 3.08. The highest BCUT2D eigenvalue weighted by Gasteiger charge is 2.24. The van der Waals surface area contributed by atoms with Crippen molar-refractivity contribution in [3.05, 3.63) is 46.4 Å². The summed E-state index contributed by atoms with van der Waals surface area (Å²) in [5, 5.41) is 4.56. The van der Waals surface area contributed by atoms with Crippen molar-refractivity contribution in [2.24, 2.45) is 0 Å². The lowest BCUT2D eigenvalue weighted by molar-refractivity contribution is -0.117. The second kappa shape index (κ2) is 9.20. The van der Waals surface area contributed by atoms with Crippen LogP contribution in [0.5, 0.6) is 11.5 Å². The van der Waals surface area contributed by atoms with E-state index in [1.807, 2.05) is 6.07 Å². The number of methoxy groups -OCH3 is 2. The van der Waals surface area contributed by atoms with Gasteiger partial charge in [0, 0.05) is 18.1 Å². The molecule has 0 unspecified atom stereocenters. The number of aromatic nitrogens is 1. The molecule has 0 saturated carbocycles.